The standard InChI is InChI=1S/C12H15NO2S2/c1-12(2,11(14)15)17-7-8-5-3-4-6-9(8)10(13)16/h3-6H,7H2,1-2H3,(H2,13,16)(H,14,15). The molecule has 0 amide bonds. The van der Waals surface area contributed by atoms with Crippen molar-refractivity contribution < 1.29 is 9.90 Å². The summed E-state index contributed by atoms with van der Waals surface area (Å²) in [6, 6.07) is 7.53. The van der Waals surface area contributed by atoms with Gasteiger partial charge in [-0.1, -0.05) is 36.5 Å². The van der Waals surface area contributed by atoms with E-state index in [4.69, 9.17) is 23.1 Å². The largest absolute Gasteiger partial charge is 0.480 e. The van der Waals surface area contributed by atoms with Gasteiger partial charge in [0.25, 0.3) is 0 Å². The van der Waals surface area contributed by atoms with Gasteiger partial charge in [0.05, 0.1) is 0 Å². The Morgan fingerprint density at radius 3 is 2.59 bits per heavy atom. The minimum atomic E-state index is -0.824. The first-order valence-electron chi connectivity index (χ1n) is 5.09. The van der Waals surface area contributed by atoms with Crippen molar-refractivity contribution in [3.05, 3.63) is 35.4 Å². The molecule has 0 aliphatic carbocycles. The molecule has 5 heteroatoms. The molecule has 1 aromatic carbocycles. The molecule has 0 atom stereocenters. The van der Waals surface area contributed by atoms with E-state index in [1.54, 1.807) is 13.8 Å². The Morgan fingerprint density at radius 1 is 1.47 bits per heavy atom. The van der Waals surface area contributed by atoms with Crippen LogP contribution in [-0.2, 0) is 10.5 Å². The third-order valence-corrected chi connectivity index (χ3v) is 3.96. The second-order valence-electron chi connectivity index (χ2n) is 4.13. The average Bonchev–Trinajstić information content (AvgIpc) is 2.26. The predicted octanol–water partition coefficient (Wildman–Crippen LogP) is 2.42. The molecule has 0 aliphatic rings. The Labute approximate surface area is 110 Å². The Morgan fingerprint density at radius 2 is 2.06 bits per heavy atom. The van der Waals surface area contributed by atoms with Crippen LogP contribution >= 0.6 is 24.0 Å². The Balaban J connectivity index is 2.83. The second kappa shape index (κ2) is 5.51. The summed E-state index contributed by atoms with van der Waals surface area (Å²) >= 11 is 6.32. The number of carboxylic acid groups (broad SMARTS) is 1. The van der Waals surface area contributed by atoms with Crippen LogP contribution in [0.4, 0.5) is 0 Å². The van der Waals surface area contributed by atoms with Crippen molar-refractivity contribution in [3.8, 4) is 0 Å². The lowest BCUT2D eigenvalue weighted by atomic mass is 10.1. The average molecular weight is 269 g/mol. The van der Waals surface area contributed by atoms with Crippen molar-refractivity contribution >= 4 is 34.9 Å². The molecule has 0 bridgehead atoms. The summed E-state index contributed by atoms with van der Waals surface area (Å²) in [7, 11) is 0. The molecule has 0 unspecified atom stereocenters. The quantitative estimate of drug-likeness (QED) is 0.804. The maximum atomic E-state index is 11.0. The maximum Gasteiger partial charge on any atom is 0.319 e. The fraction of sp³-hybridized carbons (Fsp3) is 0.333. The van der Waals surface area contributed by atoms with Crippen LogP contribution in [0.5, 0.6) is 0 Å². The molecule has 0 aliphatic heterocycles. The first-order chi connectivity index (χ1) is 7.84. The highest BCUT2D eigenvalue weighted by molar-refractivity contribution is 8.00. The number of thioether (sulfide) groups is 1. The lowest BCUT2D eigenvalue weighted by Crippen LogP contribution is -2.27. The molecule has 1 rings (SSSR count). The van der Waals surface area contributed by atoms with Crippen LogP contribution in [0.2, 0.25) is 0 Å². The van der Waals surface area contributed by atoms with E-state index in [1.807, 2.05) is 24.3 Å². The van der Waals surface area contributed by atoms with Gasteiger partial charge in [-0.05, 0) is 19.4 Å². The second-order valence-corrected chi connectivity index (χ2v) is 6.16. The van der Waals surface area contributed by atoms with Gasteiger partial charge in [0, 0.05) is 11.3 Å². The van der Waals surface area contributed by atoms with Gasteiger partial charge in [-0.2, -0.15) is 0 Å². The highest BCUT2D eigenvalue weighted by Crippen LogP contribution is 2.29. The number of hydrogen-bond donors (Lipinski definition) is 2. The van der Waals surface area contributed by atoms with Crippen LogP contribution in [0.3, 0.4) is 0 Å². The van der Waals surface area contributed by atoms with Gasteiger partial charge < -0.3 is 10.8 Å². The third kappa shape index (κ3) is 3.71. The minimum Gasteiger partial charge on any atom is -0.480 e. The van der Waals surface area contributed by atoms with E-state index >= 15 is 0 Å². The van der Waals surface area contributed by atoms with Crippen LogP contribution in [0.15, 0.2) is 24.3 Å². The lowest BCUT2D eigenvalue weighted by molar-refractivity contribution is -0.138. The van der Waals surface area contributed by atoms with Gasteiger partial charge in [-0.3, -0.25) is 4.79 Å². The molecule has 0 aromatic heterocycles. The fourth-order valence-corrected chi connectivity index (χ4v) is 2.30. The first-order valence-corrected chi connectivity index (χ1v) is 6.49. The molecular weight excluding hydrogens is 254 g/mol. The summed E-state index contributed by atoms with van der Waals surface area (Å²) in [4.78, 5) is 11.3. The summed E-state index contributed by atoms with van der Waals surface area (Å²) in [6.45, 7) is 3.37. The van der Waals surface area contributed by atoms with Crippen LogP contribution in [0.1, 0.15) is 25.0 Å². The fourth-order valence-electron chi connectivity index (χ4n) is 1.21. The summed E-state index contributed by atoms with van der Waals surface area (Å²) in [5, 5.41) is 9.03. The molecule has 0 saturated carbocycles. The molecule has 0 heterocycles. The molecule has 0 fully saturated rings. The number of hydrogen-bond acceptors (Lipinski definition) is 3. The summed E-state index contributed by atoms with van der Waals surface area (Å²) in [5.41, 5.74) is 7.41. The van der Waals surface area contributed by atoms with E-state index in [0.29, 0.717) is 10.7 Å². The molecule has 3 nitrogen and oxygen atoms in total. The highest BCUT2D eigenvalue weighted by Gasteiger charge is 2.27. The Hall–Kier alpha value is -1.07. The first kappa shape index (κ1) is 14.0. The molecule has 0 spiro atoms. The monoisotopic (exact) mass is 269 g/mol. The van der Waals surface area contributed by atoms with Crippen LogP contribution in [-0.4, -0.2) is 20.8 Å². The number of rotatable bonds is 5. The number of carbonyl (C=O) groups is 1. The van der Waals surface area contributed by atoms with E-state index < -0.39 is 10.7 Å². The Bertz CT molecular complexity index is 444. The number of thiocarbonyl (C=S) groups is 1. The summed E-state index contributed by atoms with van der Waals surface area (Å²) in [6.07, 6.45) is 0. The molecule has 3 N–H and O–H groups in total. The highest BCUT2D eigenvalue weighted by atomic mass is 32.2. The van der Waals surface area contributed by atoms with E-state index in [1.165, 1.54) is 11.8 Å². The van der Waals surface area contributed by atoms with Crippen LogP contribution in [0, 0.1) is 0 Å². The maximum absolute atomic E-state index is 11.0. The summed E-state index contributed by atoms with van der Waals surface area (Å²) < 4.78 is -0.816. The van der Waals surface area contributed by atoms with Crippen LogP contribution < -0.4 is 5.73 Å². The zero-order chi connectivity index (χ0) is 13.1. The Kier molecular flexibility index (Phi) is 4.54. The van der Waals surface area contributed by atoms with Crippen molar-refractivity contribution in [1.82, 2.24) is 0 Å². The molecular formula is C12H15NO2S2. The number of carboxylic acids is 1. The molecule has 0 saturated heterocycles. The van der Waals surface area contributed by atoms with Crippen molar-refractivity contribution in [2.75, 3.05) is 0 Å². The van der Waals surface area contributed by atoms with E-state index in [2.05, 4.69) is 0 Å². The normalized spacial score (nSPS) is 11.2. The van der Waals surface area contributed by atoms with Gasteiger partial charge in [0.2, 0.25) is 0 Å². The minimum absolute atomic E-state index is 0.342. The molecule has 0 radical (unpaired) electrons. The zero-order valence-electron chi connectivity index (χ0n) is 9.77. The lowest BCUT2D eigenvalue weighted by Gasteiger charge is -2.19. The van der Waals surface area contributed by atoms with Gasteiger partial charge >= 0.3 is 5.97 Å². The van der Waals surface area contributed by atoms with Gasteiger partial charge in [0.15, 0.2) is 0 Å². The number of aliphatic carboxylic acids is 1. The topological polar surface area (TPSA) is 63.3 Å². The van der Waals surface area contributed by atoms with E-state index in [-0.39, 0.29) is 0 Å². The van der Waals surface area contributed by atoms with E-state index in [9.17, 15) is 4.79 Å². The van der Waals surface area contributed by atoms with Crippen molar-refractivity contribution in [2.45, 2.75) is 24.3 Å². The predicted molar refractivity (Wildman–Crippen MR) is 75.3 cm³/mol. The van der Waals surface area contributed by atoms with Crippen molar-refractivity contribution in [1.29, 1.82) is 0 Å². The molecule has 17 heavy (non-hydrogen) atoms. The molecule has 1 aromatic rings. The van der Waals surface area contributed by atoms with Crippen LogP contribution in [0.25, 0.3) is 0 Å². The van der Waals surface area contributed by atoms with Gasteiger partial charge in [-0.15, -0.1) is 11.8 Å². The smallest absolute Gasteiger partial charge is 0.319 e. The SMILES string of the molecule is CC(C)(SCc1ccccc1C(N)=S)C(=O)O. The van der Waals surface area contributed by atoms with Crippen molar-refractivity contribution in [2.24, 2.45) is 5.73 Å². The van der Waals surface area contributed by atoms with Gasteiger partial charge in [-0.25, -0.2) is 0 Å². The van der Waals surface area contributed by atoms with E-state index in [0.717, 1.165) is 11.1 Å². The molecule has 92 valence electrons. The van der Waals surface area contributed by atoms with Gasteiger partial charge in [0.1, 0.15) is 9.74 Å². The number of benzene rings is 1. The van der Waals surface area contributed by atoms with Crippen molar-refractivity contribution in [3.63, 3.8) is 0 Å². The zero-order valence-corrected chi connectivity index (χ0v) is 11.4. The number of nitrogens with two attached hydrogens (primary N) is 1. The third-order valence-electron chi connectivity index (χ3n) is 2.39. The summed E-state index contributed by atoms with van der Waals surface area (Å²) in [5.74, 6) is -0.248.